The van der Waals surface area contributed by atoms with Crippen molar-refractivity contribution in [2.45, 2.75) is 0 Å². The first-order valence-corrected chi connectivity index (χ1v) is 5.58. The van der Waals surface area contributed by atoms with Gasteiger partial charge in [0.05, 0.1) is 7.11 Å². The third-order valence-corrected chi connectivity index (χ3v) is 3.27. The Morgan fingerprint density at radius 3 is 3.00 bits per heavy atom. The number of thiazole rings is 1. The van der Waals surface area contributed by atoms with Crippen molar-refractivity contribution in [1.82, 2.24) is 9.97 Å². The third-order valence-electron chi connectivity index (χ3n) is 1.67. The summed E-state index contributed by atoms with van der Waals surface area (Å²) in [6, 6.07) is 3.78. The highest BCUT2D eigenvalue weighted by Crippen LogP contribution is 2.27. The van der Waals surface area contributed by atoms with E-state index in [9.17, 15) is 0 Å². The molecule has 5 heteroatoms. The minimum atomic E-state index is 0.605. The van der Waals surface area contributed by atoms with E-state index in [-0.39, 0.29) is 0 Å². The van der Waals surface area contributed by atoms with E-state index in [0.717, 1.165) is 15.2 Å². The lowest BCUT2D eigenvalue weighted by atomic mass is 10.3. The van der Waals surface area contributed by atoms with Crippen molar-refractivity contribution in [3.05, 3.63) is 28.3 Å². The first-order valence-electron chi connectivity index (χ1n) is 3.91. The number of nitrogens with zero attached hydrogens (tertiary/aromatic N) is 2. The van der Waals surface area contributed by atoms with E-state index in [4.69, 9.17) is 4.74 Å². The van der Waals surface area contributed by atoms with Crippen LogP contribution in [0.3, 0.4) is 0 Å². The maximum Gasteiger partial charge on any atom is 0.213 e. The van der Waals surface area contributed by atoms with Crippen molar-refractivity contribution in [3.8, 4) is 16.5 Å². The van der Waals surface area contributed by atoms with Crippen molar-refractivity contribution in [3.63, 3.8) is 0 Å². The Kier molecular flexibility index (Phi) is 2.79. The van der Waals surface area contributed by atoms with E-state index >= 15 is 0 Å². The van der Waals surface area contributed by atoms with E-state index < -0.39 is 0 Å². The van der Waals surface area contributed by atoms with Gasteiger partial charge in [0.2, 0.25) is 5.88 Å². The lowest BCUT2D eigenvalue weighted by Gasteiger charge is -1.99. The topological polar surface area (TPSA) is 35.0 Å². The lowest BCUT2D eigenvalue weighted by Crippen LogP contribution is -1.86. The first kappa shape index (κ1) is 9.61. The van der Waals surface area contributed by atoms with E-state index in [1.807, 2.05) is 17.5 Å². The van der Waals surface area contributed by atoms with Gasteiger partial charge in [-0.2, -0.15) is 0 Å². The molecule has 0 spiro atoms. The average Bonchev–Trinajstić information content (AvgIpc) is 2.65. The van der Waals surface area contributed by atoms with Crippen LogP contribution >= 0.6 is 27.3 Å². The lowest BCUT2D eigenvalue weighted by molar-refractivity contribution is 0.398. The highest BCUT2D eigenvalue weighted by Gasteiger charge is 2.04. The highest BCUT2D eigenvalue weighted by molar-refractivity contribution is 9.10. The molecule has 2 aromatic heterocycles. The Morgan fingerprint density at radius 2 is 2.36 bits per heavy atom. The van der Waals surface area contributed by atoms with Crippen LogP contribution in [0.15, 0.2) is 28.3 Å². The molecule has 0 unspecified atom stereocenters. The Bertz CT molecular complexity index is 444. The van der Waals surface area contributed by atoms with Gasteiger partial charge in [0.15, 0.2) is 0 Å². The molecule has 2 aromatic rings. The van der Waals surface area contributed by atoms with E-state index in [0.29, 0.717) is 5.88 Å². The fourth-order valence-corrected chi connectivity index (χ4v) is 2.29. The summed E-state index contributed by atoms with van der Waals surface area (Å²) < 4.78 is 5.89. The Labute approximate surface area is 93.9 Å². The zero-order chi connectivity index (χ0) is 9.97. The zero-order valence-electron chi connectivity index (χ0n) is 7.40. The van der Waals surface area contributed by atoms with Gasteiger partial charge in [0.1, 0.15) is 9.61 Å². The average molecular weight is 271 g/mol. The number of methoxy groups -OCH3 is 1. The van der Waals surface area contributed by atoms with Crippen molar-refractivity contribution < 1.29 is 4.74 Å². The number of pyridine rings is 1. The van der Waals surface area contributed by atoms with E-state index in [2.05, 4.69) is 25.9 Å². The number of aromatic nitrogens is 2. The molecule has 0 saturated carbocycles. The molecule has 2 rings (SSSR count). The van der Waals surface area contributed by atoms with Crippen molar-refractivity contribution >= 4 is 27.3 Å². The fraction of sp³-hybridized carbons (Fsp3) is 0.111. The summed E-state index contributed by atoms with van der Waals surface area (Å²) in [5.74, 6) is 0.605. The molecule has 3 nitrogen and oxygen atoms in total. The number of halogens is 1. The molecule has 0 N–H and O–H groups in total. The van der Waals surface area contributed by atoms with Gasteiger partial charge in [-0.05, 0) is 22.0 Å². The molecule has 14 heavy (non-hydrogen) atoms. The van der Waals surface area contributed by atoms with E-state index in [1.54, 1.807) is 24.6 Å². The predicted molar refractivity (Wildman–Crippen MR) is 59.6 cm³/mol. The molecule has 0 aliphatic heterocycles. The maximum atomic E-state index is 5.04. The van der Waals surface area contributed by atoms with Crippen LogP contribution < -0.4 is 4.74 Å². The zero-order valence-corrected chi connectivity index (χ0v) is 9.80. The molecule has 0 aliphatic carbocycles. The van der Waals surface area contributed by atoms with E-state index in [1.165, 1.54) is 0 Å². The molecular formula is C9H7BrN2OS. The summed E-state index contributed by atoms with van der Waals surface area (Å²) in [6.45, 7) is 0. The molecule has 0 amide bonds. The van der Waals surface area contributed by atoms with Gasteiger partial charge >= 0.3 is 0 Å². The number of rotatable bonds is 2. The Hall–Kier alpha value is -0.940. The maximum absolute atomic E-state index is 5.04. The molecule has 0 fully saturated rings. The SMILES string of the molecule is COc1cc(-c2nc(Br)cs2)ccn1. The largest absolute Gasteiger partial charge is 0.481 e. The standard InChI is InChI=1S/C9H7BrN2OS/c1-13-8-4-6(2-3-11-8)9-12-7(10)5-14-9/h2-5H,1H3. The molecule has 0 bridgehead atoms. The van der Waals surface area contributed by atoms with Crippen LogP contribution in [-0.4, -0.2) is 17.1 Å². The molecule has 0 atom stereocenters. The van der Waals surface area contributed by atoms with Crippen LogP contribution in [0.5, 0.6) is 5.88 Å². The molecule has 2 heterocycles. The second kappa shape index (κ2) is 4.06. The van der Waals surface area contributed by atoms with Crippen LogP contribution in [-0.2, 0) is 0 Å². The van der Waals surface area contributed by atoms with Gasteiger partial charge in [-0.15, -0.1) is 11.3 Å². The monoisotopic (exact) mass is 270 g/mol. The van der Waals surface area contributed by atoms with Gasteiger partial charge in [0, 0.05) is 23.2 Å². The summed E-state index contributed by atoms with van der Waals surface area (Å²) in [4.78, 5) is 8.34. The molecule has 0 saturated heterocycles. The second-order valence-corrected chi connectivity index (χ2v) is 4.23. The predicted octanol–water partition coefficient (Wildman–Crippen LogP) is 2.98. The minimum absolute atomic E-state index is 0.605. The van der Waals surface area contributed by atoms with Crippen molar-refractivity contribution in [2.24, 2.45) is 0 Å². The molecule has 0 radical (unpaired) electrons. The minimum Gasteiger partial charge on any atom is -0.481 e. The van der Waals surface area contributed by atoms with Gasteiger partial charge < -0.3 is 4.74 Å². The van der Waals surface area contributed by atoms with Crippen molar-refractivity contribution in [1.29, 1.82) is 0 Å². The second-order valence-electron chi connectivity index (χ2n) is 2.56. The fourth-order valence-electron chi connectivity index (χ4n) is 1.04. The highest BCUT2D eigenvalue weighted by atomic mass is 79.9. The number of ether oxygens (including phenoxy) is 1. The smallest absolute Gasteiger partial charge is 0.213 e. The molecular weight excluding hydrogens is 264 g/mol. The summed E-state index contributed by atoms with van der Waals surface area (Å²) in [7, 11) is 1.60. The summed E-state index contributed by atoms with van der Waals surface area (Å²) >= 11 is 4.90. The van der Waals surface area contributed by atoms with Crippen LogP contribution in [0.2, 0.25) is 0 Å². The van der Waals surface area contributed by atoms with Crippen LogP contribution in [0, 0.1) is 0 Å². The molecule has 0 aromatic carbocycles. The van der Waals surface area contributed by atoms with Gasteiger partial charge in [-0.25, -0.2) is 9.97 Å². The first-order chi connectivity index (χ1) is 6.79. The summed E-state index contributed by atoms with van der Waals surface area (Å²) in [6.07, 6.45) is 1.71. The van der Waals surface area contributed by atoms with Crippen LogP contribution in [0.25, 0.3) is 10.6 Å². The number of hydrogen-bond donors (Lipinski definition) is 0. The van der Waals surface area contributed by atoms with Gasteiger partial charge in [-0.3, -0.25) is 0 Å². The molecule has 72 valence electrons. The van der Waals surface area contributed by atoms with Crippen LogP contribution in [0.1, 0.15) is 0 Å². The Balaban J connectivity index is 2.41. The molecule has 0 aliphatic rings. The van der Waals surface area contributed by atoms with Crippen molar-refractivity contribution in [2.75, 3.05) is 7.11 Å². The summed E-state index contributed by atoms with van der Waals surface area (Å²) in [5, 5.41) is 2.90. The van der Waals surface area contributed by atoms with Gasteiger partial charge in [-0.1, -0.05) is 0 Å². The Morgan fingerprint density at radius 1 is 1.50 bits per heavy atom. The normalized spacial score (nSPS) is 10.1. The number of hydrogen-bond acceptors (Lipinski definition) is 4. The van der Waals surface area contributed by atoms with Gasteiger partial charge in [0.25, 0.3) is 0 Å². The summed E-state index contributed by atoms with van der Waals surface area (Å²) in [5.41, 5.74) is 1.02. The van der Waals surface area contributed by atoms with Crippen LogP contribution in [0.4, 0.5) is 0 Å². The third kappa shape index (κ3) is 1.93. The quantitative estimate of drug-likeness (QED) is 0.842.